The molecule has 0 saturated carbocycles. The highest BCUT2D eigenvalue weighted by molar-refractivity contribution is 6.36. The Morgan fingerprint density at radius 2 is 1.57 bits per heavy atom. The lowest BCUT2D eigenvalue weighted by molar-refractivity contribution is 0.328. The summed E-state index contributed by atoms with van der Waals surface area (Å²) in [5.41, 5.74) is 1.17. The first-order valence-corrected chi connectivity index (χ1v) is 8.87. The monoisotopic (exact) mass is 329 g/mol. The second-order valence-corrected chi connectivity index (χ2v) is 7.22. The predicted molar refractivity (Wildman–Crippen MR) is 95.7 cm³/mol. The first kappa shape index (κ1) is 18.8. The smallest absolute Gasteiger partial charge is 0.0459 e. The van der Waals surface area contributed by atoms with E-state index in [4.69, 9.17) is 23.2 Å². The summed E-state index contributed by atoms with van der Waals surface area (Å²) < 4.78 is 0. The molecule has 0 aliphatic heterocycles. The molecule has 0 spiro atoms. The molecular formula is C18H29Cl2N. The Kier molecular flexibility index (Phi) is 8.08. The van der Waals surface area contributed by atoms with E-state index in [0.29, 0.717) is 5.92 Å². The molecule has 0 bridgehead atoms. The fourth-order valence-electron chi connectivity index (χ4n) is 3.20. The maximum atomic E-state index is 6.51. The van der Waals surface area contributed by atoms with Crippen molar-refractivity contribution < 1.29 is 0 Å². The Bertz CT molecular complexity index is 403. The van der Waals surface area contributed by atoms with E-state index in [1.54, 1.807) is 0 Å². The molecule has 1 aromatic carbocycles. The van der Waals surface area contributed by atoms with Crippen molar-refractivity contribution >= 4 is 23.2 Å². The molecule has 0 radical (unpaired) electrons. The summed E-state index contributed by atoms with van der Waals surface area (Å²) in [5, 5.41) is 5.23. The molecule has 0 unspecified atom stereocenters. The van der Waals surface area contributed by atoms with E-state index in [2.05, 4.69) is 33.0 Å². The van der Waals surface area contributed by atoms with E-state index in [9.17, 15) is 0 Å². The average molecular weight is 330 g/mol. The molecule has 1 nitrogen and oxygen atoms in total. The van der Waals surface area contributed by atoms with Crippen molar-refractivity contribution in [3.05, 3.63) is 33.8 Å². The molecule has 0 aliphatic carbocycles. The van der Waals surface area contributed by atoms with Crippen molar-refractivity contribution in [1.29, 1.82) is 0 Å². The standard InChI is InChI=1S/C18H29Cl2N/c1-5-10-18(11-6-2,13-21-12-14(3)4)17-15(19)8-7-9-16(17)20/h7-9,14,21H,5-6,10-13H2,1-4H3. The van der Waals surface area contributed by atoms with E-state index in [1.165, 1.54) is 0 Å². The van der Waals surface area contributed by atoms with Crippen LogP contribution in [0.1, 0.15) is 58.9 Å². The molecule has 0 aliphatic rings. The maximum absolute atomic E-state index is 6.51. The van der Waals surface area contributed by atoms with E-state index >= 15 is 0 Å². The minimum atomic E-state index is 0.0355. The fourth-order valence-corrected chi connectivity index (χ4v) is 4.00. The van der Waals surface area contributed by atoms with E-state index in [1.807, 2.05) is 18.2 Å². The van der Waals surface area contributed by atoms with Crippen LogP contribution in [0.3, 0.4) is 0 Å². The maximum Gasteiger partial charge on any atom is 0.0459 e. The molecule has 1 rings (SSSR count). The minimum Gasteiger partial charge on any atom is -0.316 e. The molecule has 3 heteroatoms. The van der Waals surface area contributed by atoms with Crippen LogP contribution in [0.4, 0.5) is 0 Å². The van der Waals surface area contributed by atoms with Gasteiger partial charge in [0.1, 0.15) is 0 Å². The number of halogens is 2. The highest BCUT2D eigenvalue weighted by Gasteiger charge is 2.34. The summed E-state index contributed by atoms with van der Waals surface area (Å²) in [6.07, 6.45) is 4.47. The third-order valence-electron chi connectivity index (χ3n) is 3.97. The Labute approximate surface area is 140 Å². The van der Waals surface area contributed by atoms with E-state index in [0.717, 1.165) is 54.4 Å². The Hall–Kier alpha value is -0.240. The van der Waals surface area contributed by atoms with Crippen LogP contribution in [0, 0.1) is 5.92 Å². The van der Waals surface area contributed by atoms with Crippen LogP contribution in [0.2, 0.25) is 10.0 Å². The van der Waals surface area contributed by atoms with E-state index < -0.39 is 0 Å². The molecule has 1 aromatic rings. The van der Waals surface area contributed by atoms with Gasteiger partial charge in [-0.3, -0.25) is 0 Å². The first-order valence-electron chi connectivity index (χ1n) is 8.12. The molecule has 0 atom stereocenters. The van der Waals surface area contributed by atoms with Crippen molar-refractivity contribution in [3.8, 4) is 0 Å². The van der Waals surface area contributed by atoms with Crippen LogP contribution in [0.5, 0.6) is 0 Å². The summed E-state index contributed by atoms with van der Waals surface area (Å²) >= 11 is 13.0. The van der Waals surface area contributed by atoms with Gasteiger partial charge in [0.2, 0.25) is 0 Å². The van der Waals surface area contributed by atoms with Gasteiger partial charge in [0.05, 0.1) is 0 Å². The number of hydrogen-bond donors (Lipinski definition) is 1. The summed E-state index contributed by atoms with van der Waals surface area (Å²) in [4.78, 5) is 0. The number of rotatable bonds is 9. The van der Waals surface area contributed by atoms with Gasteiger partial charge in [0.25, 0.3) is 0 Å². The number of benzene rings is 1. The molecule has 1 N–H and O–H groups in total. The van der Waals surface area contributed by atoms with Gasteiger partial charge in [-0.05, 0) is 43.0 Å². The summed E-state index contributed by atoms with van der Waals surface area (Å²) in [5.74, 6) is 0.646. The van der Waals surface area contributed by atoms with Gasteiger partial charge in [0, 0.05) is 22.0 Å². The van der Waals surface area contributed by atoms with Crippen LogP contribution >= 0.6 is 23.2 Å². The van der Waals surface area contributed by atoms with Crippen LogP contribution < -0.4 is 5.32 Å². The Morgan fingerprint density at radius 1 is 1.05 bits per heavy atom. The molecule has 0 amide bonds. The second-order valence-electron chi connectivity index (χ2n) is 6.40. The predicted octanol–water partition coefficient (Wildman–Crippen LogP) is 6.08. The molecule has 0 heterocycles. The number of nitrogens with one attached hydrogen (secondary N) is 1. The van der Waals surface area contributed by atoms with Gasteiger partial charge in [-0.25, -0.2) is 0 Å². The van der Waals surface area contributed by atoms with Gasteiger partial charge < -0.3 is 5.32 Å². The molecule has 0 fully saturated rings. The van der Waals surface area contributed by atoms with Gasteiger partial charge in [-0.2, -0.15) is 0 Å². The SMILES string of the molecule is CCCC(CCC)(CNCC(C)C)c1c(Cl)cccc1Cl. The molecule has 120 valence electrons. The highest BCUT2D eigenvalue weighted by atomic mass is 35.5. The summed E-state index contributed by atoms with van der Waals surface area (Å²) in [7, 11) is 0. The summed E-state index contributed by atoms with van der Waals surface area (Å²) in [6.45, 7) is 10.9. The molecular weight excluding hydrogens is 301 g/mol. The van der Waals surface area contributed by atoms with Crippen LogP contribution in [-0.2, 0) is 5.41 Å². The molecule has 0 saturated heterocycles. The topological polar surface area (TPSA) is 12.0 Å². The van der Waals surface area contributed by atoms with Gasteiger partial charge in [-0.15, -0.1) is 0 Å². The van der Waals surface area contributed by atoms with Gasteiger partial charge >= 0.3 is 0 Å². The normalized spacial score (nSPS) is 12.1. The quantitative estimate of drug-likeness (QED) is 0.579. The van der Waals surface area contributed by atoms with Crippen LogP contribution in [0.15, 0.2) is 18.2 Å². The van der Waals surface area contributed by atoms with Gasteiger partial charge in [0.15, 0.2) is 0 Å². The van der Waals surface area contributed by atoms with Crippen molar-refractivity contribution in [2.75, 3.05) is 13.1 Å². The lowest BCUT2D eigenvalue weighted by Crippen LogP contribution is -2.40. The Morgan fingerprint density at radius 3 is 2.00 bits per heavy atom. The average Bonchev–Trinajstić information content (AvgIpc) is 2.38. The van der Waals surface area contributed by atoms with Gasteiger partial charge in [-0.1, -0.05) is 69.8 Å². The van der Waals surface area contributed by atoms with Crippen LogP contribution in [0.25, 0.3) is 0 Å². The Balaban J connectivity index is 3.15. The zero-order valence-electron chi connectivity index (χ0n) is 13.8. The molecule has 0 aromatic heterocycles. The lowest BCUT2D eigenvalue weighted by Gasteiger charge is -2.36. The lowest BCUT2D eigenvalue weighted by atomic mass is 9.73. The van der Waals surface area contributed by atoms with Crippen molar-refractivity contribution in [1.82, 2.24) is 5.32 Å². The fraction of sp³-hybridized carbons (Fsp3) is 0.667. The first-order chi connectivity index (χ1) is 9.96. The molecule has 21 heavy (non-hydrogen) atoms. The van der Waals surface area contributed by atoms with Crippen LogP contribution in [-0.4, -0.2) is 13.1 Å². The summed E-state index contributed by atoms with van der Waals surface area (Å²) in [6, 6.07) is 5.86. The van der Waals surface area contributed by atoms with Crippen molar-refractivity contribution in [2.24, 2.45) is 5.92 Å². The third-order valence-corrected chi connectivity index (χ3v) is 4.60. The van der Waals surface area contributed by atoms with Crippen molar-refractivity contribution in [2.45, 2.75) is 58.8 Å². The zero-order valence-corrected chi connectivity index (χ0v) is 15.3. The second kappa shape index (κ2) is 9.02. The zero-order chi connectivity index (χ0) is 15.9. The number of hydrogen-bond acceptors (Lipinski definition) is 1. The highest BCUT2D eigenvalue weighted by Crippen LogP contribution is 2.42. The van der Waals surface area contributed by atoms with E-state index in [-0.39, 0.29) is 5.41 Å². The minimum absolute atomic E-state index is 0.0355. The largest absolute Gasteiger partial charge is 0.316 e. The van der Waals surface area contributed by atoms with Crippen molar-refractivity contribution in [3.63, 3.8) is 0 Å². The third kappa shape index (κ3) is 5.16.